The van der Waals surface area contributed by atoms with E-state index in [0.29, 0.717) is 23.7 Å². The van der Waals surface area contributed by atoms with Gasteiger partial charge < -0.3 is 15.0 Å². The molecule has 6 heteroatoms. The summed E-state index contributed by atoms with van der Waals surface area (Å²) >= 11 is 0. The summed E-state index contributed by atoms with van der Waals surface area (Å²) in [4.78, 5) is 39.9. The molecule has 2 N–H and O–H groups in total. The highest BCUT2D eigenvalue weighted by Gasteiger charge is 2.42. The number of aliphatic carboxylic acids is 1. The minimum absolute atomic E-state index is 0.149. The van der Waals surface area contributed by atoms with E-state index in [9.17, 15) is 19.5 Å². The van der Waals surface area contributed by atoms with Crippen LogP contribution in [0.1, 0.15) is 23.8 Å². The van der Waals surface area contributed by atoms with Gasteiger partial charge in [0.1, 0.15) is 5.69 Å². The Morgan fingerprint density at radius 1 is 1.32 bits per heavy atom. The molecule has 0 aliphatic carbocycles. The predicted molar refractivity (Wildman–Crippen MR) is 80.8 cm³/mol. The van der Waals surface area contributed by atoms with Gasteiger partial charge in [-0.05, 0) is 30.9 Å². The molecule has 3 rings (SSSR count). The Balaban J connectivity index is 1.94. The number of carboxylic acid groups (broad SMARTS) is 1. The molecule has 6 nitrogen and oxygen atoms in total. The van der Waals surface area contributed by atoms with Gasteiger partial charge in [-0.25, -0.2) is 0 Å². The molecule has 0 spiro atoms. The maximum Gasteiger partial charge on any atom is 0.311 e. The molecule has 1 unspecified atom stereocenters. The standard InChI is InChI=1S/C16H16N2O4/c1-16(15(21)22)6-7-18(9-16)14(20)12-8-10-4-2-3-5-11(10)13(19)17-12/h2-5,8H,6-7,9H2,1H3,(H,17,19)(H,21,22). The maximum absolute atomic E-state index is 12.5. The molecule has 2 aromatic rings. The van der Waals surface area contributed by atoms with Crippen LogP contribution in [0.5, 0.6) is 0 Å². The number of aromatic nitrogens is 1. The Kier molecular flexibility index (Phi) is 3.24. The van der Waals surface area contributed by atoms with E-state index in [1.165, 1.54) is 4.90 Å². The Bertz CT molecular complexity index is 826. The van der Waals surface area contributed by atoms with Crippen molar-refractivity contribution in [3.8, 4) is 0 Å². The van der Waals surface area contributed by atoms with Crippen LogP contribution in [0.15, 0.2) is 35.1 Å². The molecule has 1 aromatic carbocycles. The summed E-state index contributed by atoms with van der Waals surface area (Å²) in [6, 6.07) is 8.66. The van der Waals surface area contributed by atoms with Crippen molar-refractivity contribution < 1.29 is 14.7 Å². The number of pyridine rings is 1. The number of likely N-dealkylation sites (tertiary alicyclic amines) is 1. The van der Waals surface area contributed by atoms with E-state index in [1.807, 2.05) is 0 Å². The van der Waals surface area contributed by atoms with Crippen LogP contribution in [0.25, 0.3) is 10.8 Å². The normalized spacial score (nSPS) is 21.2. The number of benzene rings is 1. The van der Waals surface area contributed by atoms with Crippen molar-refractivity contribution in [3.05, 3.63) is 46.4 Å². The molecule has 114 valence electrons. The van der Waals surface area contributed by atoms with Crippen molar-refractivity contribution in [2.75, 3.05) is 13.1 Å². The molecule has 1 amide bonds. The molecule has 0 bridgehead atoms. The zero-order chi connectivity index (χ0) is 15.9. The van der Waals surface area contributed by atoms with Crippen LogP contribution in [-0.2, 0) is 4.79 Å². The predicted octanol–water partition coefficient (Wildman–Crippen LogP) is 1.46. The van der Waals surface area contributed by atoms with Gasteiger partial charge in [0.2, 0.25) is 0 Å². The van der Waals surface area contributed by atoms with Crippen LogP contribution in [0.3, 0.4) is 0 Å². The number of H-pyrrole nitrogens is 1. The zero-order valence-corrected chi connectivity index (χ0v) is 12.1. The summed E-state index contributed by atoms with van der Waals surface area (Å²) < 4.78 is 0. The number of nitrogens with one attached hydrogen (secondary N) is 1. The van der Waals surface area contributed by atoms with Gasteiger partial charge in [0, 0.05) is 18.5 Å². The van der Waals surface area contributed by atoms with Crippen LogP contribution in [0, 0.1) is 5.41 Å². The number of aromatic amines is 1. The van der Waals surface area contributed by atoms with Gasteiger partial charge >= 0.3 is 5.97 Å². The van der Waals surface area contributed by atoms with Crippen LogP contribution in [-0.4, -0.2) is 40.0 Å². The van der Waals surface area contributed by atoms with Gasteiger partial charge in [-0.2, -0.15) is 0 Å². The third kappa shape index (κ3) is 2.26. The number of hydrogen-bond acceptors (Lipinski definition) is 3. The first kappa shape index (κ1) is 14.3. The second-order valence-corrected chi connectivity index (χ2v) is 5.94. The molecular weight excluding hydrogens is 284 g/mol. The summed E-state index contributed by atoms with van der Waals surface area (Å²) in [7, 11) is 0. The summed E-state index contributed by atoms with van der Waals surface area (Å²) in [5, 5.41) is 10.4. The Morgan fingerprint density at radius 3 is 2.73 bits per heavy atom. The third-order valence-corrected chi connectivity index (χ3v) is 4.26. The summed E-state index contributed by atoms with van der Waals surface area (Å²) in [5.41, 5.74) is -1.05. The molecule has 1 aliphatic heterocycles. The number of amides is 1. The Hall–Kier alpha value is -2.63. The largest absolute Gasteiger partial charge is 0.481 e. The highest BCUT2D eigenvalue weighted by atomic mass is 16.4. The van der Waals surface area contributed by atoms with Gasteiger partial charge in [0.15, 0.2) is 0 Å². The molecule has 1 saturated heterocycles. The summed E-state index contributed by atoms with van der Waals surface area (Å²) in [6.07, 6.45) is 0.409. The van der Waals surface area contributed by atoms with E-state index >= 15 is 0 Å². The lowest BCUT2D eigenvalue weighted by atomic mass is 9.90. The van der Waals surface area contributed by atoms with E-state index in [1.54, 1.807) is 37.3 Å². The molecule has 1 fully saturated rings. The smallest absolute Gasteiger partial charge is 0.311 e. The SMILES string of the molecule is CC1(C(=O)O)CCN(C(=O)c2cc3ccccc3c(=O)[nH]2)C1. The van der Waals surface area contributed by atoms with Crippen molar-refractivity contribution in [2.24, 2.45) is 5.41 Å². The third-order valence-electron chi connectivity index (χ3n) is 4.26. The van der Waals surface area contributed by atoms with E-state index in [-0.39, 0.29) is 23.7 Å². The van der Waals surface area contributed by atoms with E-state index < -0.39 is 11.4 Å². The fraction of sp³-hybridized carbons (Fsp3) is 0.312. The quantitative estimate of drug-likeness (QED) is 0.878. The molecular formula is C16H16N2O4. The number of hydrogen-bond donors (Lipinski definition) is 2. The Morgan fingerprint density at radius 2 is 2.05 bits per heavy atom. The second-order valence-electron chi connectivity index (χ2n) is 5.94. The second kappa shape index (κ2) is 4.98. The highest BCUT2D eigenvalue weighted by Crippen LogP contribution is 2.30. The molecule has 0 radical (unpaired) electrons. The monoisotopic (exact) mass is 300 g/mol. The van der Waals surface area contributed by atoms with E-state index in [0.717, 1.165) is 0 Å². The maximum atomic E-state index is 12.5. The fourth-order valence-electron chi connectivity index (χ4n) is 2.81. The number of carbonyl (C=O) groups is 2. The van der Waals surface area contributed by atoms with Crippen molar-refractivity contribution in [1.29, 1.82) is 0 Å². The van der Waals surface area contributed by atoms with Gasteiger partial charge in [0.05, 0.1) is 5.41 Å². The van der Waals surface area contributed by atoms with E-state index in [4.69, 9.17) is 0 Å². The lowest BCUT2D eigenvalue weighted by molar-refractivity contribution is -0.147. The fourth-order valence-corrected chi connectivity index (χ4v) is 2.81. The highest BCUT2D eigenvalue weighted by molar-refractivity contribution is 5.96. The van der Waals surface area contributed by atoms with Gasteiger partial charge in [-0.3, -0.25) is 14.4 Å². The van der Waals surface area contributed by atoms with Crippen molar-refractivity contribution in [1.82, 2.24) is 9.88 Å². The van der Waals surface area contributed by atoms with Gasteiger partial charge in [-0.15, -0.1) is 0 Å². The number of carboxylic acids is 1. The zero-order valence-electron chi connectivity index (χ0n) is 12.1. The van der Waals surface area contributed by atoms with Gasteiger partial charge in [0.25, 0.3) is 11.5 Å². The van der Waals surface area contributed by atoms with Crippen molar-refractivity contribution >= 4 is 22.6 Å². The Labute approximate surface area is 126 Å². The lowest BCUT2D eigenvalue weighted by Crippen LogP contribution is -2.35. The van der Waals surface area contributed by atoms with Crippen LogP contribution < -0.4 is 5.56 Å². The van der Waals surface area contributed by atoms with Crippen molar-refractivity contribution in [3.63, 3.8) is 0 Å². The number of nitrogens with zero attached hydrogens (tertiary/aromatic N) is 1. The molecule has 1 atom stereocenters. The first-order chi connectivity index (χ1) is 10.4. The molecule has 1 aliphatic rings. The molecule has 1 aromatic heterocycles. The minimum atomic E-state index is -0.924. The average Bonchev–Trinajstić information content (AvgIpc) is 2.90. The summed E-state index contributed by atoms with van der Waals surface area (Å²) in [5.74, 6) is -1.25. The minimum Gasteiger partial charge on any atom is -0.481 e. The number of fused-ring (bicyclic) bond motifs is 1. The van der Waals surface area contributed by atoms with Crippen LogP contribution in [0.2, 0.25) is 0 Å². The van der Waals surface area contributed by atoms with Crippen LogP contribution in [0.4, 0.5) is 0 Å². The number of carbonyl (C=O) groups excluding carboxylic acids is 1. The molecule has 22 heavy (non-hydrogen) atoms. The molecule has 0 saturated carbocycles. The average molecular weight is 300 g/mol. The number of rotatable bonds is 2. The van der Waals surface area contributed by atoms with Crippen LogP contribution >= 0.6 is 0 Å². The first-order valence-electron chi connectivity index (χ1n) is 7.05. The first-order valence-corrected chi connectivity index (χ1v) is 7.05. The topological polar surface area (TPSA) is 90.5 Å². The molecule has 2 heterocycles. The lowest BCUT2D eigenvalue weighted by Gasteiger charge is -2.20. The summed E-state index contributed by atoms with van der Waals surface area (Å²) in [6.45, 7) is 2.15. The van der Waals surface area contributed by atoms with Crippen molar-refractivity contribution in [2.45, 2.75) is 13.3 Å². The van der Waals surface area contributed by atoms with Gasteiger partial charge in [-0.1, -0.05) is 18.2 Å². The van der Waals surface area contributed by atoms with E-state index in [2.05, 4.69) is 4.98 Å².